The molecule has 4 nitrogen and oxygen atoms in total. The molecule has 1 aromatic rings. The van der Waals surface area contributed by atoms with Crippen LogP contribution in [-0.2, 0) is 15.4 Å². The highest BCUT2D eigenvalue weighted by atomic mass is 79.9. The molecule has 0 aromatic heterocycles. The maximum Gasteiger partial charge on any atom is 0.240 e. The van der Waals surface area contributed by atoms with Gasteiger partial charge < -0.3 is 4.90 Å². The van der Waals surface area contributed by atoms with Gasteiger partial charge in [-0.2, -0.15) is 0 Å². The van der Waals surface area contributed by atoms with Gasteiger partial charge >= 0.3 is 0 Å². The Morgan fingerprint density at radius 2 is 1.92 bits per heavy atom. The highest BCUT2D eigenvalue weighted by molar-refractivity contribution is 9.08. The van der Waals surface area contributed by atoms with E-state index in [0.717, 1.165) is 30.7 Å². The summed E-state index contributed by atoms with van der Waals surface area (Å²) in [5.41, 5.74) is 0.976. The summed E-state index contributed by atoms with van der Waals surface area (Å²) in [4.78, 5) is 2.94. The Morgan fingerprint density at radius 3 is 2.60 bits per heavy atom. The first-order valence-electron chi connectivity index (χ1n) is 8.89. The van der Waals surface area contributed by atoms with Crippen molar-refractivity contribution in [3.8, 4) is 0 Å². The highest BCUT2D eigenvalue weighted by Gasteiger charge is 2.33. The minimum Gasteiger partial charge on any atom is -0.300 e. The van der Waals surface area contributed by atoms with Crippen molar-refractivity contribution in [3.63, 3.8) is 0 Å². The second kappa shape index (κ2) is 9.18. The summed E-state index contributed by atoms with van der Waals surface area (Å²) in [6.45, 7) is 4.65. The fraction of sp³-hybridized carbons (Fsp3) is 0.667. The molecule has 1 heterocycles. The highest BCUT2D eigenvalue weighted by Crippen LogP contribution is 2.29. The van der Waals surface area contributed by atoms with Crippen LogP contribution in [0.4, 0.5) is 0 Å². The molecule has 1 aromatic carbocycles. The monoisotopic (exact) mass is 450 g/mol. The normalized spacial score (nSPS) is 25.7. The van der Waals surface area contributed by atoms with Crippen LogP contribution in [0.3, 0.4) is 0 Å². The van der Waals surface area contributed by atoms with E-state index < -0.39 is 10.0 Å². The van der Waals surface area contributed by atoms with E-state index in [-0.39, 0.29) is 18.4 Å². The van der Waals surface area contributed by atoms with Crippen LogP contribution in [0, 0.1) is 5.92 Å². The van der Waals surface area contributed by atoms with Crippen molar-refractivity contribution in [1.29, 1.82) is 0 Å². The molecule has 0 radical (unpaired) electrons. The summed E-state index contributed by atoms with van der Waals surface area (Å²) in [6.07, 6.45) is 5.52. The number of nitrogens with one attached hydrogen (secondary N) is 1. The van der Waals surface area contributed by atoms with Crippen LogP contribution in [-0.4, -0.2) is 38.5 Å². The minimum atomic E-state index is -3.43. The molecule has 0 spiro atoms. The number of halogens is 2. The summed E-state index contributed by atoms with van der Waals surface area (Å²) in [7, 11) is -3.43. The van der Waals surface area contributed by atoms with Crippen LogP contribution >= 0.6 is 28.3 Å². The van der Waals surface area contributed by atoms with Gasteiger partial charge in [0.1, 0.15) is 0 Å². The van der Waals surface area contributed by atoms with Gasteiger partial charge in [-0.1, -0.05) is 35.0 Å². The van der Waals surface area contributed by atoms with Crippen molar-refractivity contribution >= 4 is 38.4 Å². The molecule has 142 valence electrons. The Balaban J connectivity index is 0.00000225. The lowest BCUT2D eigenvalue weighted by molar-refractivity contribution is 0.139. The summed E-state index contributed by atoms with van der Waals surface area (Å²) >= 11 is 3.38. The number of alkyl halides is 1. The number of rotatable bonds is 5. The Morgan fingerprint density at radius 1 is 1.20 bits per heavy atom. The van der Waals surface area contributed by atoms with E-state index in [2.05, 4.69) is 32.5 Å². The van der Waals surface area contributed by atoms with Gasteiger partial charge in [-0.05, 0) is 68.8 Å². The zero-order valence-electron chi connectivity index (χ0n) is 14.7. The van der Waals surface area contributed by atoms with E-state index in [4.69, 9.17) is 0 Å². The average molecular weight is 452 g/mol. The topological polar surface area (TPSA) is 49.4 Å². The first-order valence-corrected chi connectivity index (χ1v) is 11.5. The van der Waals surface area contributed by atoms with Gasteiger partial charge in [0.15, 0.2) is 0 Å². The van der Waals surface area contributed by atoms with Gasteiger partial charge in [-0.15, -0.1) is 12.4 Å². The Labute approximate surface area is 166 Å². The molecular formula is C18H28BrClN2O2S. The van der Waals surface area contributed by atoms with Crippen molar-refractivity contribution in [1.82, 2.24) is 9.62 Å². The predicted molar refractivity (Wildman–Crippen MR) is 108 cm³/mol. The SMILES string of the molecule is CC1CCN(C2CCC(NS(=O)(=O)c3cccc(CBr)c3)C2)CC1.Cl. The van der Waals surface area contributed by atoms with E-state index in [1.165, 1.54) is 25.9 Å². The fourth-order valence-electron chi connectivity index (χ4n) is 3.87. The predicted octanol–water partition coefficient (Wildman–Crippen LogP) is 3.93. The number of likely N-dealkylation sites (tertiary alicyclic amines) is 1. The summed E-state index contributed by atoms with van der Waals surface area (Å²) in [6, 6.07) is 7.75. The number of nitrogens with zero attached hydrogens (tertiary/aromatic N) is 1. The fourth-order valence-corrected chi connectivity index (χ4v) is 5.58. The van der Waals surface area contributed by atoms with Crippen LogP contribution in [0.5, 0.6) is 0 Å². The average Bonchev–Trinajstić information content (AvgIpc) is 3.03. The standard InChI is InChI=1S/C18H27BrN2O2S.ClH/c1-14-7-9-21(10-8-14)17-6-5-16(12-17)20-24(22,23)18-4-2-3-15(11-18)13-19;/h2-4,11,14,16-17,20H,5-10,12-13H2,1H3;1H. The molecule has 25 heavy (non-hydrogen) atoms. The largest absolute Gasteiger partial charge is 0.300 e. The van der Waals surface area contributed by atoms with Crippen molar-refractivity contribution in [2.24, 2.45) is 5.92 Å². The maximum absolute atomic E-state index is 12.6. The van der Waals surface area contributed by atoms with E-state index >= 15 is 0 Å². The van der Waals surface area contributed by atoms with Crippen LogP contribution in [0.2, 0.25) is 0 Å². The Hall–Kier alpha value is -0.140. The molecule has 1 saturated carbocycles. The van der Waals surface area contributed by atoms with E-state index in [9.17, 15) is 8.42 Å². The second-order valence-corrected chi connectivity index (χ2v) is 9.56. The maximum atomic E-state index is 12.6. The van der Waals surface area contributed by atoms with E-state index in [1.54, 1.807) is 18.2 Å². The van der Waals surface area contributed by atoms with Gasteiger partial charge in [-0.3, -0.25) is 0 Å². The van der Waals surface area contributed by atoms with Crippen LogP contribution < -0.4 is 4.72 Å². The molecule has 3 rings (SSSR count). The molecule has 1 saturated heterocycles. The number of piperidine rings is 1. The van der Waals surface area contributed by atoms with Crippen molar-refractivity contribution in [2.45, 2.75) is 61.3 Å². The summed E-state index contributed by atoms with van der Waals surface area (Å²) in [5, 5.41) is 0.662. The number of hydrogen-bond acceptors (Lipinski definition) is 3. The lowest BCUT2D eigenvalue weighted by Crippen LogP contribution is -2.41. The zero-order valence-corrected chi connectivity index (χ0v) is 17.9. The number of benzene rings is 1. The van der Waals surface area contributed by atoms with Crippen LogP contribution in [0.15, 0.2) is 29.2 Å². The summed E-state index contributed by atoms with van der Waals surface area (Å²) < 4.78 is 28.2. The van der Waals surface area contributed by atoms with Crippen LogP contribution in [0.1, 0.15) is 44.6 Å². The number of sulfonamides is 1. The van der Waals surface area contributed by atoms with Gasteiger partial charge in [0.2, 0.25) is 10.0 Å². The van der Waals surface area contributed by atoms with Crippen molar-refractivity contribution in [3.05, 3.63) is 29.8 Å². The van der Waals surface area contributed by atoms with Crippen molar-refractivity contribution < 1.29 is 8.42 Å². The molecule has 1 N–H and O–H groups in total. The lowest BCUT2D eigenvalue weighted by Gasteiger charge is -2.35. The van der Waals surface area contributed by atoms with Crippen molar-refractivity contribution in [2.75, 3.05) is 13.1 Å². The third-order valence-corrected chi connectivity index (χ3v) is 7.59. The molecule has 2 aliphatic rings. The first kappa shape index (κ1) is 21.2. The molecule has 0 amide bonds. The zero-order chi connectivity index (χ0) is 17.2. The smallest absolute Gasteiger partial charge is 0.240 e. The third-order valence-electron chi connectivity index (χ3n) is 5.42. The molecule has 2 atom stereocenters. The first-order chi connectivity index (χ1) is 11.5. The molecular weight excluding hydrogens is 424 g/mol. The Bertz CT molecular complexity index is 663. The van der Waals surface area contributed by atoms with Gasteiger partial charge in [-0.25, -0.2) is 13.1 Å². The molecule has 7 heteroatoms. The molecule has 1 aliphatic heterocycles. The molecule has 1 aliphatic carbocycles. The molecule has 2 unspecified atom stereocenters. The number of hydrogen-bond donors (Lipinski definition) is 1. The quantitative estimate of drug-likeness (QED) is 0.690. The van der Waals surface area contributed by atoms with Gasteiger partial charge in [0.25, 0.3) is 0 Å². The second-order valence-electron chi connectivity index (χ2n) is 7.28. The van der Waals surface area contributed by atoms with Crippen LogP contribution in [0.25, 0.3) is 0 Å². The van der Waals surface area contributed by atoms with Gasteiger partial charge in [0.05, 0.1) is 4.90 Å². The van der Waals surface area contributed by atoms with Gasteiger partial charge in [0, 0.05) is 17.4 Å². The molecule has 2 fully saturated rings. The van der Waals surface area contributed by atoms with E-state index in [1.807, 2.05) is 6.07 Å². The van der Waals surface area contributed by atoms with E-state index in [0.29, 0.717) is 16.3 Å². The third kappa shape index (κ3) is 5.42. The minimum absolute atomic E-state index is 0. The summed E-state index contributed by atoms with van der Waals surface area (Å²) in [5.74, 6) is 0.832. The Kier molecular flexibility index (Phi) is 7.77. The molecule has 0 bridgehead atoms. The lowest BCUT2D eigenvalue weighted by atomic mass is 9.97.